The number of ether oxygens (including phenoxy) is 2. The van der Waals surface area contributed by atoms with Crippen molar-refractivity contribution in [1.29, 1.82) is 0 Å². The average Bonchev–Trinajstić information content (AvgIpc) is 3.35. The summed E-state index contributed by atoms with van der Waals surface area (Å²) in [4.78, 5) is 18.8. The van der Waals surface area contributed by atoms with Gasteiger partial charge in [-0.15, -0.1) is 6.58 Å². The highest BCUT2D eigenvalue weighted by atomic mass is 79.9. The van der Waals surface area contributed by atoms with Gasteiger partial charge in [-0.25, -0.2) is 10.4 Å². The number of hydrogen-bond acceptors (Lipinski definition) is 6. The lowest BCUT2D eigenvalue weighted by molar-refractivity contribution is -0.129. The molecule has 0 radical (unpaired) electrons. The normalized spacial score (nSPS) is 18.4. The van der Waals surface area contributed by atoms with E-state index in [1.54, 1.807) is 6.08 Å². The molecule has 2 atom stereocenters. The molecule has 1 heterocycles. The Morgan fingerprint density at radius 3 is 2.54 bits per heavy atom. The first kappa shape index (κ1) is 28.3. The maximum absolute atomic E-state index is 13.8. The third-order valence-electron chi connectivity index (χ3n) is 6.19. The predicted molar refractivity (Wildman–Crippen MR) is 157 cm³/mol. The van der Waals surface area contributed by atoms with Gasteiger partial charge in [0.2, 0.25) is 5.90 Å². The number of aliphatic imine (C=N–C) groups is 1. The molecule has 0 spiro atoms. The summed E-state index contributed by atoms with van der Waals surface area (Å²) in [6.07, 6.45) is 5.79. The first-order chi connectivity index (χ1) is 19.1. The highest BCUT2D eigenvalue weighted by Crippen LogP contribution is 2.43. The number of benzene rings is 3. The second-order valence-corrected chi connectivity index (χ2v) is 9.90. The number of aliphatic hydroxyl groups excluding tert-OH is 1. The van der Waals surface area contributed by atoms with E-state index in [2.05, 4.69) is 33.4 Å². The minimum absolute atomic E-state index is 0.0741. The van der Waals surface area contributed by atoms with Crippen LogP contribution in [-0.4, -0.2) is 42.2 Å². The molecular weight excluding hydrogens is 558 g/mol. The second-order valence-electron chi connectivity index (χ2n) is 8.98. The Morgan fingerprint density at radius 2 is 1.85 bits per heavy atom. The number of nitrogens with one attached hydrogen (secondary N) is 2. The van der Waals surface area contributed by atoms with Crippen molar-refractivity contribution in [3.05, 3.63) is 119 Å². The number of amides is 1. The van der Waals surface area contributed by atoms with E-state index in [0.717, 1.165) is 21.2 Å². The summed E-state index contributed by atoms with van der Waals surface area (Å²) >= 11 is 3.49. The Kier molecular flexibility index (Phi) is 10.1. The summed E-state index contributed by atoms with van der Waals surface area (Å²) in [7, 11) is 0. The van der Waals surface area contributed by atoms with E-state index >= 15 is 0 Å². The van der Waals surface area contributed by atoms with Gasteiger partial charge < -0.3 is 14.6 Å². The van der Waals surface area contributed by atoms with Crippen molar-refractivity contribution < 1.29 is 19.4 Å². The fourth-order valence-corrected chi connectivity index (χ4v) is 4.47. The summed E-state index contributed by atoms with van der Waals surface area (Å²) in [6.45, 7) is 4.61. The predicted octanol–water partition coefficient (Wildman–Crippen LogP) is 5.38. The molecule has 8 heteroatoms. The molecule has 0 saturated heterocycles. The molecule has 7 nitrogen and oxygen atoms in total. The minimum Gasteiger partial charge on any atom is -0.494 e. The van der Waals surface area contributed by atoms with E-state index in [0.29, 0.717) is 37.6 Å². The van der Waals surface area contributed by atoms with E-state index in [-0.39, 0.29) is 12.5 Å². The maximum atomic E-state index is 13.8. The third kappa shape index (κ3) is 7.23. The van der Waals surface area contributed by atoms with Crippen LogP contribution in [0.4, 0.5) is 0 Å². The number of aliphatic hydroxyl groups is 1. The Hall–Kier alpha value is -3.72. The van der Waals surface area contributed by atoms with Crippen molar-refractivity contribution in [3.8, 4) is 5.75 Å². The zero-order valence-corrected chi connectivity index (χ0v) is 23.1. The molecule has 0 aromatic heterocycles. The van der Waals surface area contributed by atoms with Crippen molar-refractivity contribution in [1.82, 2.24) is 10.9 Å². The molecule has 1 aliphatic heterocycles. The van der Waals surface area contributed by atoms with Gasteiger partial charge in [-0.2, -0.15) is 0 Å². The van der Waals surface area contributed by atoms with Crippen molar-refractivity contribution >= 4 is 33.8 Å². The van der Waals surface area contributed by atoms with Crippen molar-refractivity contribution in [2.75, 3.05) is 19.8 Å². The van der Waals surface area contributed by atoms with E-state index in [1.165, 1.54) is 0 Å². The van der Waals surface area contributed by atoms with Crippen LogP contribution in [0, 0.1) is 0 Å². The van der Waals surface area contributed by atoms with Gasteiger partial charge >= 0.3 is 0 Å². The van der Waals surface area contributed by atoms with Gasteiger partial charge in [-0.1, -0.05) is 76.6 Å². The fraction of sp³-hybridized carbons (Fsp3) is 0.226. The zero-order chi connectivity index (χ0) is 27.5. The van der Waals surface area contributed by atoms with Crippen LogP contribution in [0.1, 0.15) is 35.6 Å². The van der Waals surface area contributed by atoms with Gasteiger partial charge in [-0.05, 0) is 47.5 Å². The summed E-state index contributed by atoms with van der Waals surface area (Å²) in [5, 5.41) is 8.99. The van der Waals surface area contributed by atoms with E-state index in [1.807, 2.05) is 91.0 Å². The molecule has 3 aromatic carbocycles. The van der Waals surface area contributed by atoms with Crippen LogP contribution in [0.2, 0.25) is 0 Å². The molecule has 0 unspecified atom stereocenters. The van der Waals surface area contributed by atoms with Gasteiger partial charge in [0.25, 0.3) is 5.91 Å². The lowest BCUT2D eigenvalue weighted by Gasteiger charge is -2.29. The quantitative estimate of drug-likeness (QED) is 0.141. The molecule has 39 heavy (non-hydrogen) atoms. The Balaban J connectivity index is 1.71. The van der Waals surface area contributed by atoms with Gasteiger partial charge in [0.15, 0.2) is 11.6 Å². The van der Waals surface area contributed by atoms with Crippen LogP contribution in [0.5, 0.6) is 5.75 Å². The number of carbonyl (C=O) groups excluding carboxylic acids is 1. The maximum Gasteiger partial charge on any atom is 0.266 e. The summed E-state index contributed by atoms with van der Waals surface area (Å²) < 4.78 is 13.1. The molecule has 3 N–H and O–H groups in total. The zero-order valence-electron chi connectivity index (χ0n) is 21.6. The number of halogens is 1. The molecule has 4 rings (SSSR count). The molecule has 0 saturated carbocycles. The molecule has 1 aliphatic rings. The van der Waals surface area contributed by atoms with Crippen LogP contribution in [-0.2, 0) is 9.53 Å². The molecular formula is C31H32BrN3O4. The second kappa shape index (κ2) is 13.9. The number of nitrogens with zero attached hydrogens (tertiary/aromatic N) is 1. The topological polar surface area (TPSA) is 92.2 Å². The number of hydrazine groups is 1. The molecule has 0 bridgehead atoms. The molecule has 0 fully saturated rings. The molecule has 1 amide bonds. The largest absolute Gasteiger partial charge is 0.494 e. The van der Waals surface area contributed by atoms with Crippen LogP contribution in [0.25, 0.3) is 6.08 Å². The number of rotatable bonds is 13. The highest BCUT2D eigenvalue weighted by Gasteiger charge is 2.52. The standard InChI is InChI=1S/C31H32BrN3O4/c1-2-20-33-35-30(37)31(19-6-10-23-8-4-3-5-9-23)28(24-11-15-26(32)16-12-24)39-29(34-31)25-13-17-27(18-14-25)38-22-7-21-36/h2-6,8-18,28,33,36H,1,7,19-22H2,(H,35,37)/b10-6+/t28-,31-/m0/s1. The van der Waals surface area contributed by atoms with E-state index in [9.17, 15) is 4.79 Å². The van der Waals surface area contributed by atoms with E-state index in [4.69, 9.17) is 19.6 Å². The first-order valence-corrected chi connectivity index (χ1v) is 13.6. The lowest BCUT2D eigenvalue weighted by Crippen LogP contribution is -2.52. The average molecular weight is 591 g/mol. The number of carbonyl (C=O) groups is 1. The van der Waals surface area contributed by atoms with Gasteiger partial charge in [0.05, 0.1) is 6.61 Å². The summed E-state index contributed by atoms with van der Waals surface area (Å²) in [5.74, 6) is 0.740. The van der Waals surface area contributed by atoms with Crippen LogP contribution >= 0.6 is 15.9 Å². The Labute approximate surface area is 237 Å². The Bertz CT molecular complexity index is 1290. The van der Waals surface area contributed by atoms with Crippen LogP contribution < -0.4 is 15.6 Å². The Morgan fingerprint density at radius 1 is 1.10 bits per heavy atom. The number of hydrogen-bond donors (Lipinski definition) is 3. The minimum atomic E-state index is -1.28. The van der Waals surface area contributed by atoms with Crippen LogP contribution in [0.3, 0.4) is 0 Å². The lowest BCUT2D eigenvalue weighted by atomic mass is 9.84. The SMILES string of the molecule is C=CCNNC(=O)[C@@]1(C/C=C/c2ccccc2)N=C(c2ccc(OCCCO)cc2)O[C@H]1c1ccc(Br)cc1. The monoisotopic (exact) mass is 589 g/mol. The van der Waals surface area contributed by atoms with Crippen molar-refractivity contribution in [2.45, 2.75) is 24.5 Å². The molecule has 3 aromatic rings. The highest BCUT2D eigenvalue weighted by molar-refractivity contribution is 9.10. The fourth-order valence-electron chi connectivity index (χ4n) is 4.20. The molecule has 0 aliphatic carbocycles. The molecule has 202 valence electrons. The summed E-state index contributed by atoms with van der Waals surface area (Å²) in [6, 6.07) is 25.0. The van der Waals surface area contributed by atoms with Gasteiger partial charge in [0.1, 0.15) is 5.75 Å². The van der Waals surface area contributed by atoms with Crippen molar-refractivity contribution in [2.24, 2.45) is 4.99 Å². The third-order valence-corrected chi connectivity index (χ3v) is 6.72. The van der Waals surface area contributed by atoms with Gasteiger partial charge in [0, 0.05) is 36.0 Å². The van der Waals surface area contributed by atoms with Gasteiger partial charge in [-0.3, -0.25) is 10.2 Å². The summed E-state index contributed by atoms with van der Waals surface area (Å²) in [5.41, 5.74) is 7.01. The van der Waals surface area contributed by atoms with Crippen molar-refractivity contribution in [3.63, 3.8) is 0 Å². The van der Waals surface area contributed by atoms with Crippen LogP contribution in [0.15, 0.2) is 107 Å². The first-order valence-electron chi connectivity index (χ1n) is 12.8. The smallest absolute Gasteiger partial charge is 0.266 e. The van der Waals surface area contributed by atoms with E-state index < -0.39 is 11.6 Å².